The van der Waals surface area contributed by atoms with Crippen molar-refractivity contribution in [3.05, 3.63) is 17.9 Å². The predicted molar refractivity (Wildman–Crippen MR) is 79.4 cm³/mol. The van der Waals surface area contributed by atoms with Crippen LogP contribution in [-0.4, -0.2) is 19.7 Å². The van der Waals surface area contributed by atoms with Crippen LogP contribution in [-0.2, 0) is 0 Å². The minimum absolute atomic E-state index is 0.281. The molecule has 4 heteroatoms. The van der Waals surface area contributed by atoms with Gasteiger partial charge in [-0.1, -0.05) is 20.8 Å². The van der Waals surface area contributed by atoms with Crippen LogP contribution in [0, 0.1) is 5.82 Å². The number of rotatable bonds is 7. The van der Waals surface area contributed by atoms with Crippen LogP contribution in [0.4, 0.5) is 15.8 Å². The number of benzene rings is 1. The summed E-state index contributed by atoms with van der Waals surface area (Å²) in [6.45, 7) is 6.78. The van der Waals surface area contributed by atoms with Crippen LogP contribution in [0.1, 0.15) is 40.0 Å². The zero-order valence-electron chi connectivity index (χ0n) is 12.4. The number of hydrogen-bond donors (Lipinski definition) is 1. The Kier molecular flexibility index (Phi) is 5.93. The Bertz CT molecular complexity index is 405. The molecule has 0 aliphatic rings. The maximum Gasteiger partial charge on any atom is 0.167 e. The van der Waals surface area contributed by atoms with Gasteiger partial charge < -0.3 is 15.4 Å². The fourth-order valence-corrected chi connectivity index (χ4v) is 2.22. The van der Waals surface area contributed by atoms with Crippen molar-refractivity contribution in [3.8, 4) is 5.75 Å². The van der Waals surface area contributed by atoms with Crippen molar-refractivity contribution >= 4 is 11.4 Å². The summed E-state index contributed by atoms with van der Waals surface area (Å²) in [5, 5.41) is 0. The van der Waals surface area contributed by atoms with Crippen LogP contribution < -0.4 is 15.4 Å². The molecule has 1 aromatic rings. The van der Waals surface area contributed by atoms with Crippen molar-refractivity contribution in [2.45, 2.75) is 46.1 Å². The lowest BCUT2D eigenvalue weighted by molar-refractivity contribution is 0.301. The summed E-state index contributed by atoms with van der Waals surface area (Å²) in [6, 6.07) is 3.45. The standard InChI is InChI=1S/C15H25FN2O/c1-5-8-19-15-10-14(13(17)9-12(15)16)18(4)11(6-2)7-3/h9-11H,5-8,17H2,1-4H3. The lowest BCUT2D eigenvalue weighted by Crippen LogP contribution is -2.31. The molecule has 0 atom stereocenters. The molecule has 1 aromatic carbocycles. The van der Waals surface area contributed by atoms with Gasteiger partial charge in [0.2, 0.25) is 0 Å². The molecule has 3 nitrogen and oxygen atoms in total. The lowest BCUT2D eigenvalue weighted by Gasteiger charge is -2.30. The number of halogens is 1. The van der Waals surface area contributed by atoms with Crippen molar-refractivity contribution in [2.24, 2.45) is 0 Å². The molecule has 0 heterocycles. The molecule has 0 fully saturated rings. The Morgan fingerprint density at radius 1 is 1.26 bits per heavy atom. The minimum atomic E-state index is -0.396. The number of anilines is 2. The number of ether oxygens (including phenoxy) is 1. The summed E-state index contributed by atoms with van der Waals surface area (Å²) in [6.07, 6.45) is 2.89. The number of nitrogens with two attached hydrogens (primary N) is 1. The normalized spacial score (nSPS) is 10.8. The fourth-order valence-electron chi connectivity index (χ4n) is 2.22. The predicted octanol–water partition coefficient (Wildman–Crippen LogP) is 3.82. The van der Waals surface area contributed by atoms with E-state index in [9.17, 15) is 4.39 Å². The van der Waals surface area contributed by atoms with E-state index in [1.807, 2.05) is 14.0 Å². The van der Waals surface area contributed by atoms with E-state index in [1.165, 1.54) is 6.07 Å². The molecule has 1 rings (SSSR count). The molecule has 2 N–H and O–H groups in total. The van der Waals surface area contributed by atoms with E-state index in [0.717, 1.165) is 24.9 Å². The fraction of sp³-hybridized carbons (Fsp3) is 0.600. The second-order valence-corrected chi connectivity index (χ2v) is 4.77. The lowest BCUT2D eigenvalue weighted by atomic mass is 10.1. The molecule has 0 aromatic heterocycles. The van der Waals surface area contributed by atoms with E-state index in [-0.39, 0.29) is 5.75 Å². The van der Waals surface area contributed by atoms with Gasteiger partial charge in [-0.05, 0) is 19.3 Å². The van der Waals surface area contributed by atoms with Crippen molar-refractivity contribution in [1.29, 1.82) is 0 Å². The van der Waals surface area contributed by atoms with Crippen LogP contribution in [0.25, 0.3) is 0 Å². The van der Waals surface area contributed by atoms with Crippen molar-refractivity contribution in [3.63, 3.8) is 0 Å². The van der Waals surface area contributed by atoms with Crippen LogP contribution in [0.2, 0.25) is 0 Å². The first kappa shape index (κ1) is 15.6. The Balaban J connectivity index is 3.05. The Morgan fingerprint density at radius 3 is 2.42 bits per heavy atom. The van der Waals surface area contributed by atoms with Crippen molar-refractivity contribution in [1.82, 2.24) is 0 Å². The van der Waals surface area contributed by atoms with Gasteiger partial charge in [0, 0.05) is 25.2 Å². The molecule has 0 radical (unpaired) electrons. The van der Waals surface area contributed by atoms with Gasteiger partial charge in [-0.2, -0.15) is 0 Å². The molecular formula is C15H25FN2O. The van der Waals surface area contributed by atoms with E-state index in [4.69, 9.17) is 10.5 Å². The Hall–Kier alpha value is -1.45. The average molecular weight is 268 g/mol. The first-order chi connectivity index (χ1) is 9.04. The first-order valence-electron chi connectivity index (χ1n) is 6.99. The largest absolute Gasteiger partial charge is 0.490 e. The second-order valence-electron chi connectivity index (χ2n) is 4.77. The highest BCUT2D eigenvalue weighted by Gasteiger charge is 2.17. The minimum Gasteiger partial charge on any atom is -0.490 e. The quantitative estimate of drug-likeness (QED) is 0.764. The maximum atomic E-state index is 13.8. The summed E-state index contributed by atoms with van der Waals surface area (Å²) in [5.74, 6) is -0.114. The molecule has 0 saturated heterocycles. The molecular weight excluding hydrogens is 243 g/mol. The highest BCUT2D eigenvalue weighted by Crippen LogP contribution is 2.32. The Labute approximate surface area is 115 Å². The third kappa shape index (κ3) is 3.75. The number of hydrogen-bond acceptors (Lipinski definition) is 3. The van der Waals surface area contributed by atoms with Gasteiger partial charge >= 0.3 is 0 Å². The summed E-state index contributed by atoms with van der Waals surface area (Å²) in [5.41, 5.74) is 7.22. The SMILES string of the molecule is CCCOc1cc(N(C)C(CC)CC)c(N)cc1F. The monoisotopic (exact) mass is 268 g/mol. The topological polar surface area (TPSA) is 38.5 Å². The van der Waals surface area contributed by atoms with Gasteiger partial charge in [0.15, 0.2) is 11.6 Å². The van der Waals surface area contributed by atoms with Crippen LogP contribution in [0.15, 0.2) is 12.1 Å². The van der Waals surface area contributed by atoms with Crippen LogP contribution in [0.5, 0.6) is 5.75 Å². The van der Waals surface area contributed by atoms with Crippen LogP contribution in [0.3, 0.4) is 0 Å². The molecule has 0 amide bonds. The van der Waals surface area contributed by atoms with E-state index in [1.54, 1.807) is 6.07 Å². The Morgan fingerprint density at radius 2 is 1.89 bits per heavy atom. The van der Waals surface area contributed by atoms with Gasteiger partial charge in [0.25, 0.3) is 0 Å². The second kappa shape index (κ2) is 7.22. The van der Waals surface area contributed by atoms with E-state index >= 15 is 0 Å². The molecule has 0 unspecified atom stereocenters. The molecule has 0 bridgehead atoms. The number of nitrogen functional groups attached to an aromatic ring is 1. The van der Waals surface area contributed by atoms with Gasteiger partial charge in [0.05, 0.1) is 18.0 Å². The van der Waals surface area contributed by atoms with E-state index < -0.39 is 5.82 Å². The highest BCUT2D eigenvalue weighted by molar-refractivity contribution is 5.70. The third-order valence-electron chi connectivity index (χ3n) is 3.41. The molecule has 0 aliphatic heterocycles. The zero-order valence-corrected chi connectivity index (χ0v) is 12.4. The molecule has 0 saturated carbocycles. The van der Waals surface area contributed by atoms with Gasteiger partial charge in [0.1, 0.15) is 0 Å². The highest BCUT2D eigenvalue weighted by atomic mass is 19.1. The maximum absolute atomic E-state index is 13.8. The molecule has 0 spiro atoms. The number of nitrogens with zero attached hydrogens (tertiary/aromatic N) is 1. The van der Waals surface area contributed by atoms with Crippen molar-refractivity contribution in [2.75, 3.05) is 24.3 Å². The van der Waals surface area contributed by atoms with Gasteiger partial charge in [-0.3, -0.25) is 0 Å². The molecule has 19 heavy (non-hydrogen) atoms. The third-order valence-corrected chi connectivity index (χ3v) is 3.41. The van der Waals surface area contributed by atoms with Gasteiger partial charge in [-0.15, -0.1) is 0 Å². The van der Waals surface area contributed by atoms with Crippen molar-refractivity contribution < 1.29 is 9.13 Å². The molecule has 0 aliphatic carbocycles. The van der Waals surface area contributed by atoms with Gasteiger partial charge in [-0.25, -0.2) is 4.39 Å². The zero-order chi connectivity index (χ0) is 14.4. The summed E-state index contributed by atoms with van der Waals surface area (Å²) < 4.78 is 19.2. The smallest absolute Gasteiger partial charge is 0.167 e. The summed E-state index contributed by atoms with van der Waals surface area (Å²) >= 11 is 0. The van der Waals surface area contributed by atoms with Crippen LogP contribution >= 0.6 is 0 Å². The first-order valence-corrected chi connectivity index (χ1v) is 6.99. The summed E-state index contributed by atoms with van der Waals surface area (Å²) in [4.78, 5) is 2.10. The van der Waals surface area contributed by atoms with E-state index in [2.05, 4.69) is 18.7 Å². The summed E-state index contributed by atoms with van der Waals surface area (Å²) in [7, 11) is 1.99. The average Bonchev–Trinajstić information content (AvgIpc) is 2.39. The van der Waals surface area contributed by atoms with E-state index in [0.29, 0.717) is 18.3 Å². The molecule has 108 valence electrons.